The smallest absolute Gasteiger partial charge is 0.163 e. The fourth-order valence-electron chi connectivity index (χ4n) is 3.64. The number of ketones is 1. The topological polar surface area (TPSA) is 32.3 Å². The molecule has 0 unspecified atom stereocenters. The maximum atomic E-state index is 12.2. The highest BCUT2D eigenvalue weighted by Crippen LogP contribution is 2.35. The van der Waals surface area contributed by atoms with Crippen molar-refractivity contribution in [3.63, 3.8) is 0 Å². The van der Waals surface area contributed by atoms with Crippen molar-refractivity contribution in [2.75, 3.05) is 19.6 Å². The predicted molar refractivity (Wildman–Crippen MR) is 101 cm³/mol. The molecular formula is C20H18Cl2N2O. The summed E-state index contributed by atoms with van der Waals surface area (Å²) in [6.07, 6.45) is 0.583. The lowest BCUT2D eigenvalue weighted by molar-refractivity contribution is -0.115. The summed E-state index contributed by atoms with van der Waals surface area (Å²) in [7, 11) is 0. The van der Waals surface area contributed by atoms with E-state index in [0.29, 0.717) is 23.0 Å². The van der Waals surface area contributed by atoms with Crippen LogP contribution in [0.2, 0.25) is 10.0 Å². The molecule has 0 aromatic heterocycles. The number of rotatable bonds is 3. The van der Waals surface area contributed by atoms with Gasteiger partial charge in [-0.05, 0) is 35.4 Å². The van der Waals surface area contributed by atoms with E-state index in [9.17, 15) is 4.79 Å². The van der Waals surface area contributed by atoms with Crippen molar-refractivity contribution in [2.24, 2.45) is 0 Å². The molecule has 0 atom stereocenters. The van der Waals surface area contributed by atoms with Gasteiger partial charge in [0.05, 0.1) is 6.04 Å². The molecule has 0 saturated carbocycles. The Morgan fingerprint density at radius 3 is 1.96 bits per heavy atom. The van der Waals surface area contributed by atoms with E-state index in [4.69, 9.17) is 23.2 Å². The number of halogens is 2. The number of benzene rings is 2. The molecule has 2 aromatic carbocycles. The van der Waals surface area contributed by atoms with E-state index in [1.807, 2.05) is 48.5 Å². The zero-order valence-electron chi connectivity index (χ0n) is 13.6. The molecule has 0 spiro atoms. The van der Waals surface area contributed by atoms with E-state index in [2.05, 4.69) is 10.2 Å². The highest BCUT2D eigenvalue weighted by Gasteiger charge is 2.34. The van der Waals surface area contributed by atoms with Gasteiger partial charge in [0.25, 0.3) is 0 Å². The van der Waals surface area contributed by atoms with Crippen LogP contribution < -0.4 is 5.32 Å². The van der Waals surface area contributed by atoms with Crippen molar-refractivity contribution < 1.29 is 4.79 Å². The summed E-state index contributed by atoms with van der Waals surface area (Å²) in [5, 5.41) is 4.83. The van der Waals surface area contributed by atoms with E-state index >= 15 is 0 Å². The Hall–Kier alpha value is -1.81. The highest BCUT2D eigenvalue weighted by molar-refractivity contribution is 6.30. The van der Waals surface area contributed by atoms with Gasteiger partial charge in [0.1, 0.15) is 0 Å². The van der Waals surface area contributed by atoms with E-state index < -0.39 is 0 Å². The predicted octanol–water partition coefficient (Wildman–Crippen LogP) is 4.21. The quantitative estimate of drug-likeness (QED) is 0.875. The van der Waals surface area contributed by atoms with Crippen LogP contribution >= 0.6 is 23.2 Å². The molecule has 0 fully saturated rings. The lowest BCUT2D eigenvalue weighted by atomic mass is 9.97. The van der Waals surface area contributed by atoms with Crippen molar-refractivity contribution in [3.8, 4) is 0 Å². The number of carbonyl (C=O) groups excluding carboxylic acids is 1. The third-order valence-corrected chi connectivity index (χ3v) is 5.35. The maximum absolute atomic E-state index is 12.2. The molecular weight excluding hydrogens is 355 g/mol. The molecule has 2 aliphatic rings. The Labute approximate surface area is 157 Å². The summed E-state index contributed by atoms with van der Waals surface area (Å²) in [5.41, 5.74) is 4.31. The highest BCUT2D eigenvalue weighted by atomic mass is 35.5. The zero-order chi connectivity index (χ0) is 17.4. The zero-order valence-corrected chi connectivity index (χ0v) is 15.1. The molecule has 4 rings (SSSR count). The number of hydrogen-bond donors (Lipinski definition) is 1. The molecule has 0 radical (unpaired) electrons. The first kappa shape index (κ1) is 16.6. The lowest BCUT2D eigenvalue weighted by Crippen LogP contribution is -2.29. The van der Waals surface area contributed by atoms with Gasteiger partial charge in [-0.3, -0.25) is 9.69 Å². The Kier molecular flexibility index (Phi) is 4.55. The van der Waals surface area contributed by atoms with Crippen LogP contribution in [0.4, 0.5) is 0 Å². The molecule has 0 amide bonds. The van der Waals surface area contributed by atoms with Gasteiger partial charge in [-0.25, -0.2) is 0 Å². The number of carbonyl (C=O) groups is 1. The minimum atomic E-state index is 0.0507. The minimum Gasteiger partial charge on any atom is -0.386 e. The van der Waals surface area contributed by atoms with E-state index in [1.165, 1.54) is 0 Å². The molecule has 1 N–H and O–H groups in total. The summed E-state index contributed by atoms with van der Waals surface area (Å²) in [4.78, 5) is 14.6. The van der Waals surface area contributed by atoms with Gasteiger partial charge in [-0.2, -0.15) is 0 Å². The third kappa shape index (κ3) is 3.32. The van der Waals surface area contributed by atoms with Gasteiger partial charge in [0.2, 0.25) is 0 Å². The molecule has 0 aliphatic carbocycles. The average Bonchev–Trinajstić information content (AvgIpc) is 3.04. The molecule has 2 aromatic rings. The van der Waals surface area contributed by atoms with Crippen molar-refractivity contribution in [1.82, 2.24) is 10.2 Å². The summed E-state index contributed by atoms with van der Waals surface area (Å²) >= 11 is 12.1. The Morgan fingerprint density at radius 1 is 0.880 bits per heavy atom. The number of hydrogen-bond acceptors (Lipinski definition) is 3. The summed E-state index contributed by atoms with van der Waals surface area (Å²) in [6, 6.07) is 15.9. The van der Waals surface area contributed by atoms with Gasteiger partial charge in [0, 0.05) is 47.4 Å². The molecule has 3 nitrogen and oxygen atoms in total. The first-order valence-electron chi connectivity index (χ1n) is 8.36. The van der Waals surface area contributed by atoms with E-state index in [1.54, 1.807) is 0 Å². The Morgan fingerprint density at radius 2 is 1.44 bits per heavy atom. The largest absolute Gasteiger partial charge is 0.386 e. The van der Waals surface area contributed by atoms with Gasteiger partial charge < -0.3 is 5.32 Å². The van der Waals surface area contributed by atoms with E-state index in [-0.39, 0.29) is 11.8 Å². The molecule has 0 saturated heterocycles. The Bertz CT molecular complexity index is 782. The second-order valence-corrected chi connectivity index (χ2v) is 7.34. The fourth-order valence-corrected chi connectivity index (χ4v) is 3.89. The number of Topliss-reactive ketones (excluding diaryl/α,β-unsaturated/α-hetero) is 1. The Balaban J connectivity index is 1.70. The molecule has 2 aliphatic heterocycles. The molecule has 0 bridgehead atoms. The van der Waals surface area contributed by atoms with Crippen LogP contribution in [0.25, 0.3) is 0 Å². The second-order valence-electron chi connectivity index (χ2n) is 6.47. The summed E-state index contributed by atoms with van der Waals surface area (Å²) < 4.78 is 0. The van der Waals surface area contributed by atoms with Gasteiger partial charge >= 0.3 is 0 Å². The standard InChI is InChI=1S/C20H18Cl2N2O/c21-15-5-1-13(2-6-15)20(14-3-7-16(22)8-4-14)24-11-17-18(12-24)23-10-9-19(17)25/h1-8,20,23H,9-12H2. The lowest BCUT2D eigenvalue weighted by Gasteiger charge is -2.29. The normalized spacial score (nSPS) is 17.8. The SMILES string of the molecule is O=C1CCNC2=C1CN(C(c1ccc(Cl)cc1)c1ccc(Cl)cc1)C2. The first-order chi connectivity index (χ1) is 12.1. The van der Waals surface area contributed by atoms with Gasteiger partial charge in [-0.15, -0.1) is 0 Å². The van der Waals surface area contributed by atoms with Crippen molar-refractivity contribution in [2.45, 2.75) is 12.5 Å². The van der Waals surface area contributed by atoms with E-state index in [0.717, 1.165) is 35.5 Å². The third-order valence-electron chi connectivity index (χ3n) is 4.85. The van der Waals surface area contributed by atoms with Gasteiger partial charge in [-0.1, -0.05) is 47.5 Å². The average molecular weight is 373 g/mol. The number of nitrogens with one attached hydrogen (secondary N) is 1. The molecule has 2 heterocycles. The first-order valence-corrected chi connectivity index (χ1v) is 9.11. The number of nitrogens with zero attached hydrogens (tertiary/aromatic N) is 1. The van der Waals surface area contributed by atoms with Crippen LogP contribution in [-0.2, 0) is 4.79 Å². The van der Waals surface area contributed by atoms with Crippen LogP contribution in [0.5, 0.6) is 0 Å². The van der Waals surface area contributed by atoms with Crippen molar-refractivity contribution in [1.29, 1.82) is 0 Å². The van der Waals surface area contributed by atoms with Gasteiger partial charge in [0.15, 0.2) is 5.78 Å². The van der Waals surface area contributed by atoms with Crippen LogP contribution in [0.1, 0.15) is 23.6 Å². The van der Waals surface area contributed by atoms with Crippen LogP contribution in [0.3, 0.4) is 0 Å². The molecule has 25 heavy (non-hydrogen) atoms. The minimum absolute atomic E-state index is 0.0507. The van der Waals surface area contributed by atoms with Crippen LogP contribution in [0, 0.1) is 0 Å². The molecule has 128 valence electrons. The monoisotopic (exact) mass is 372 g/mol. The fraction of sp³-hybridized carbons (Fsp3) is 0.250. The summed E-state index contributed by atoms with van der Waals surface area (Å²) in [5.74, 6) is 0.266. The maximum Gasteiger partial charge on any atom is 0.163 e. The second kappa shape index (κ2) is 6.83. The van der Waals surface area contributed by atoms with Crippen LogP contribution in [-0.4, -0.2) is 30.3 Å². The van der Waals surface area contributed by atoms with Crippen LogP contribution in [0.15, 0.2) is 59.8 Å². The molecule has 5 heteroatoms. The summed E-state index contributed by atoms with van der Waals surface area (Å²) in [6.45, 7) is 2.14. The van der Waals surface area contributed by atoms with Crippen molar-refractivity contribution in [3.05, 3.63) is 81.0 Å². The van der Waals surface area contributed by atoms with Crippen molar-refractivity contribution >= 4 is 29.0 Å².